The van der Waals surface area contributed by atoms with E-state index < -0.39 is 5.97 Å². The number of likely N-dealkylation sites (N-methyl/N-ethyl adjacent to an activating group) is 1. The van der Waals surface area contributed by atoms with E-state index in [1.165, 1.54) is 0 Å². The molecule has 0 spiro atoms. The summed E-state index contributed by atoms with van der Waals surface area (Å²) in [4.78, 5) is 24.7. The first-order valence-electron chi connectivity index (χ1n) is 7.18. The number of carbonyl (C=O) groups excluding carboxylic acids is 1. The standard InChI is InChI=1S/C14H24N4O3/c1-4-17(8-9-18-7-5-6-15-18)14(21)16-12(11(2)3)10-13(19)20/h5-7,11-12H,4,8-10H2,1-3H3,(H,16,21)(H,19,20)/t12-/m0/s1. The Kier molecular flexibility index (Phi) is 6.71. The molecule has 0 saturated heterocycles. The molecule has 0 aliphatic carbocycles. The topological polar surface area (TPSA) is 87.5 Å². The van der Waals surface area contributed by atoms with Crippen LogP contribution in [-0.2, 0) is 11.3 Å². The minimum Gasteiger partial charge on any atom is -0.481 e. The van der Waals surface area contributed by atoms with Gasteiger partial charge in [0.2, 0.25) is 0 Å². The minimum atomic E-state index is -0.909. The zero-order chi connectivity index (χ0) is 15.8. The Balaban J connectivity index is 2.54. The predicted molar refractivity (Wildman–Crippen MR) is 78.9 cm³/mol. The molecule has 0 aliphatic heterocycles. The van der Waals surface area contributed by atoms with Crippen LogP contribution in [0.5, 0.6) is 0 Å². The molecule has 1 atom stereocenters. The molecule has 2 amide bonds. The molecule has 21 heavy (non-hydrogen) atoms. The van der Waals surface area contributed by atoms with Crippen LogP contribution in [0.3, 0.4) is 0 Å². The number of rotatable bonds is 8. The molecule has 0 fully saturated rings. The van der Waals surface area contributed by atoms with Gasteiger partial charge < -0.3 is 15.3 Å². The second-order valence-corrected chi connectivity index (χ2v) is 5.25. The number of carbonyl (C=O) groups is 2. The van der Waals surface area contributed by atoms with Gasteiger partial charge in [-0.3, -0.25) is 9.48 Å². The summed E-state index contributed by atoms with van der Waals surface area (Å²) in [5.74, 6) is -0.844. The van der Waals surface area contributed by atoms with Crippen molar-refractivity contribution in [1.29, 1.82) is 0 Å². The van der Waals surface area contributed by atoms with E-state index in [9.17, 15) is 9.59 Å². The van der Waals surface area contributed by atoms with Crippen LogP contribution in [0.2, 0.25) is 0 Å². The molecule has 0 aromatic carbocycles. The van der Waals surface area contributed by atoms with Gasteiger partial charge >= 0.3 is 12.0 Å². The highest BCUT2D eigenvalue weighted by atomic mass is 16.4. The van der Waals surface area contributed by atoms with Gasteiger partial charge in [-0.15, -0.1) is 0 Å². The summed E-state index contributed by atoms with van der Waals surface area (Å²) < 4.78 is 1.76. The predicted octanol–water partition coefficient (Wildman–Crippen LogP) is 1.41. The van der Waals surface area contributed by atoms with Crippen molar-refractivity contribution in [3.05, 3.63) is 18.5 Å². The van der Waals surface area contributed by atoms with Crippen LogP contribution in [0.1, 0.15) is 27.2 Å². The van der Waals surface area contributed by atoms with Crippen molar-refractivity contribution in [2.24, 2.45) is 5.92 Å². The maximum Gasteiger partial charge on any atom is 0.317 e. The Morgan fingerprint density at radius 2 is 2.14 bits per heavy atom. The third-order valence-corrected chi connectivity index (χ3v) is 3.34. The molecule has 0 saturated carbocycles. The van der Waals surface area contributed by atoms with Gasteiger partial charge in [0.15, 0.2) is 0 Å². The van der Waals surface area contributed by atoms with E-state index in [0.717, 1.165) is 0 Å². The molecule has 0 radical (unpaired) electrons. The van der Waals surface area contributed by atoms with Crippen LogP contribution in [0.25, 0.3) is 0 Å². The molecule has 7 heteroatoms. The Hall–Kier alpha value is -2.05. The van der Waals surface area contributed by atoms with Gasteiger partial charge in [0, 0.05) is 31.5 Å². The van der Waals surface area contributed by atoms with E-state index in [-0.39, 0.29) is 24.4 Å². The van der Waals surface area contributed by atoms with Crippen LogP contribution >= 0.6 is 0 Å². The molecule has 1 rings (SSSR count). The van der Waals surface area contributed by atoms with Crippen LogP contribution in [0.4, 0.5) is 4.79 Å². The summed E-state index contributed by atoms with van der Waals surface area (Å²) in [6, 6.07) is 1.23. The number of aliphatic carboxylic acids is 1. The van der Waals surface area contributed by atoms with Crippen molar-refractivity contribution in [3.63, 3.8) is 0 Å². The number of carboxylic acids is 1. The van der Waals surface area contributed by atoms with E-state index in [1.54, 1.807) is 15.8 Å². The first-order chi connectivity index (χ1) is 9.93. The molecule has 118 valence electrons. The van der Waals surface area contributed by atoms with Gasteiger partial charge in [-0.05, 0) is 18.9 Å². The van der Waals surface area contributed by atoms with Crippen molar-refractivity contribution >= 4 is 12.0 Å². The van der Waals surface area contributed by atoms with E-state index in [4.69, 9.17) is 5.11 Å². The van der Waals surface area contributed by atoms with Gasteiger partial charge in [-0.1, -0.05) is 13.8 Å². The van der Waals surface area contributed by atoms with Gasteiger partial charge in [0.1, 0.15) is 0 Å². The van der Waals surface area contributed by atoms with E-state index in [2.05, 4.69) is 10.4 Å². The first kappa shape index (κ1) is 17.0. The Morgan fingerprint density at radius 3 is 2.62 bits per heavy atom. The fraction of sp³-hybridized carbons (Fsp3) is 0.643. The van der Waals surface area contributed by atoms with Crippen molar-refractivity contribution in [1.82, 2.24) is 20.0 Å². The molecule has 1 aromatic rings. The van der Waals surface area contributed by atoms with Gasteiger partial charge in [-0.2, -0.15) is 5.10 Å². The zero-order valence-electron chi connectivity index (χ0n) is 12.8. The SMILES string of the molecule is CCN(CCn1cccn1)C(=O)N[C@@H](CC(=O)O)C(C)C. The Bertz CT molecular complexity index is 445. The first-order valence-corrected chi connectivity index (χ1v) is 7.18. The maximum absolute atomic E-state index is 12.2. The number of urea groups is 1. The largest absolute Gasteiger partial charge is 0.481 e. The fourth-order valence-electron chi connectivity index (χ4n) is 1.95. The van der Waals surface area contributed by atoms with Gasteiger partial charge in [-0.25, -0.2) is 4.79 Å². The highest BCUT2D eigenvalue weighted by Crippen LogP contribution is 2.07. The fourth-order valence-corrected chi connectivity index (χ4v) is 1.95. The lowest BCUT2D eigenvalue weighted by atomic mass is 10.0. The highest BCUT2D eigenvalue weighted by Gasteiger charge is 2.21. The molecule has 2 N–H and O–H groups in total. The molecule has 1 heterocycles. The van der Waals surface area contributed by atoms with Crippen molar-refractivity contribution in [2.75, 3.05) is 13.1 Å². The molecule has 0 unspecified atom stereocenters. The third kappa shape index (κ3) is 5.85. The number of hydrogen-bond donors (Lipinski definition) is 2. The summed E-state index contributed by atoms with van der Waals surface area (Å²) in [5.41, 5.74) is 0. The van der Waals surface area contributed by atoms with Crippen molar-refractivity contribution < 1.29 is 14.7 Å². The molecule has 1 aromatic heterocycles. The summed E-state index contributed by atoms with van der Waals surface area (Å²) in [6.07, 6.45) is 3.46. The Morgan fingerprint density at radius 1 is 1.43 bits per heavy atom. The van der Waals surface area contributed by atoms with Gasteiger partial charge in [0.05, 0.1) is 13.0 Å². The number of aromatic nitrogens is 2. The lowest BCUT2D eigenvalue weighted by molar-refractivity contribution is -0.137. The smallest absolute Gasteiger partial charge is 0.317 e. The average Bonchev–Trinajstić information content (AvgIpc) is 2.91. The molecule has 7 nitrogen and oxygen atoms in total. The third-order valence-electron chi connectivity index (χ3n) is 3.34. The number of amides is 2. The molecule has 0 bridgehead atoms. The monoisotopic (exact) mass is 296 g/mol. The summed E-state index contributed by atoms with van der Waals surface area (Å²) in [6.45, 7) is 7.39. The highest BCUT2D eigenvalue weighted by molar-refractivity contribution is 5.76. The molecular weight excluding hydrogens is 272 g/mol. The normalized spacial score (nSPS) is 12.2. The lowest BCUT2D eigenvalue weighted by Gasteiger charge is -2.26. The molecule has 0 aliphatic rings. The van der Waals surface area contributed by atoms with Crippen LogP contribution in [-0.4, -0.2) is 50.9 Å². The van der Waals surface area contributed by atoms with Crippen LogP contribution in [0.15, 0.2) is 18.5 Å². The van der Waals surface area contributed by atoms with Crippen LogP contribution < -0.4 is 5.32 Å². The maximum atomic E-state index is 12.2. The second kappa shape index (κ2) is 8.28. The number of hydrogen-bond acceptors (Lipinski definition) is 3. The minimum absolute atomic E-state index is 0.0647. The van der Waals surface area contributed by atoms with Crippen LogP contribution in [0, 0.1) is 5.92 Å². The number of nitrogens with zero attached hydrogens (tertiary/aromatic N) is 3. The summed E-state index contributed by atoms with van der Waals surface area (Å²) in [7, 11) is 0. The average molecular weight is 296 g/mol. The summed E-state index contributed by atoms with van der Waals surface area (Å²) >= 11 is 0. The van der Waals surface area contributed by atoms with Crippen molar-refractivity contribution in [3.8, 4) is 0 Å². The number of nitrogens with one attached hydrogen (secondary N) is 1. The van der Waals surface area contributed by atoms with Gasteiger partial charge in [0.25, 0.3) is 0 Å². The van der Waals surface area contributed by atoms with Crippen molar-refractivity contribution in [2.45, 2.75) is 39.8 Å². The number of carboxylic acid groups (broad SMARTS) is 1. The second-order valence-electron chi connectivity index (χ2n) is 5.25. The zero-order valence-corrected chi connectivity index (χ0v) is 12.8. The lowest BCUT2D eigenvalue weighted by Crippen LogP contribution is -2.48. The quantitative estimate of drug-likeness (QED) is 0.759. The Labute approximate surface area is 124 Å². The van der Waals surface area contributed by atoms with E-state index in [1.807, 2.05) is 33.0 Å². The molecular formula is C14H24N4O3. The summed E-state index contributed by atoms with van der Waals surface area (Å²) in [5, 5.41) is 15.8. The van der Waals surface area contributed by atoms with E-state index in [0.29, 0.717) is 19.6 Å². The van der Waals surface area contributed by atoms with E-state index >= 15 is 0 Å².